The van der Waals surface area contributed by atoms with Gasteiger partial charge in [0.15, 0.2) is 0 Å². The van der Waals surface area contributed by atoms with Gasteiger partial charge in [0.25, 0.3) is 5.69 Å². The van der Waals surface area contributed by atoms with Crippen LogP contribution in [0.2, 0.25) is 0 Å². The number of rotatable bonds is 4. The molecule has 0 N–H and O–H groups in total. The summed E-state index contributed by atoms with van der Waals surface area (Å²) >= 11 is 0. The van der Waals surface area contributed by atoms with Gasteiger partial charge < -0.3 is 9.47 Å². The molecule has 2 aromatic rings. The number of carbonyl (C=O) groups is 2. The molecule has 3 saturated heterocycles. The van der Waals surface area contributed by atoms with Crippen molar-refractivity contribution in [1.29, 1.82) is 0 Å². The van der Waals surface area contributed by atoms with E-state index in [-0.39, 0.29) is 41.1 Å². The highest BCUT2D eigenvalue weighted by atomic mass is 16.6. The average molecular weight is 408 g/mol. The average Bonchev–Trinajstić information content (AvgIpc) is 3.34. The largest absolute Gasteiger partial charge is 0.457 e. The van der Waals surface area contributed by atoms with Gasteiger partial charge in [-0.05, 0) is 49.9 Å². The van der Waals surface area contributed by atoms with Crippen LogP contribution in [0.4, 0.5) is 11.4 Å². The molecule has 3 fully saturated rings. The Morgan fingerprint density at radius 3 is 2.07 bits per heavy atom. The van der Waals surface area contributed by atoms with E-state index in [0.29, 0.717) is 5.75 Å². The maximum atomic E-state index is 13.0. The van der Waals surface area contributed by atoms with Crippen LogP contribution >= 0.6 is 0 Å². The summed E-state index contributed by atoms with van der Waals surface area (Å²) in [6.45, 7) is 3.85. The van der Waals surface area contributed by atoms with Gasteiger partial charge in [-0.15, -0.1) is 0 Å². The molecule has 3 aliphatic rings. The molecule has 4 atom stereocenters. The van der Waals surface area contributed by atoms with E-state index in [4.69, 9.17) is 9.47 Å². The molecule has 2 amide bonds. The Morgan fingerprint density at radius 1 is 0.933 bits per heavy atom. The van der Waals surface area contributed by atoms with Gasteiger partial charge in [0, 0.05) is 12.1 Å². The first-order valence-electron chi connectivity index (χ1n) is 9.91. The number of hydrogen-bond donors (Lipinski definition) is 0. The lowest BCUT2D eigenvalue weighted by Crippen LogP contribution is -2.34. The number of ether oxygens (including phenoxy) is 2. The molecule has 0 unspecified atom stereocenters. The van der Waals surface area contributed by atoms with E-state index in [1.165, 1.54) is 18.2 Å². The standard InChI is InChI=1S/C22H20N2O6/c1-11-5-12(2)7-15(6-11)29-16-9-13(8-14(10-16)24(27)28)23-21(25)19-17-3-4-18(30-17)20(19)22(23)26/h5-10,17-20H,3-4H2,1-2H3/t17-,18-,19-,20-/m1/s1. The van der Waals surface area contributed by atoms with Crippen LogP contribution < -0.4 is 9.64 Å². The second-order valence-corrected chi connectivity index (χ2v) is 8.22. The number of carbonyl (C=O) groups excluding carboxylic acids is 2. The second-order valence-electron chi connectivity index (χ2n) is 8.22. The van der Waals surface area contributed by atoms with E-state index in [1.807, 2.05) is 32.0 Å². The molecule has 8 nitrogen and oxygen atoms in total. The Labute approximate surface area is 172 Å². The normalized spacial score (nSPS) is 26.9. The number of non-ortho nitro benzene ring substituents is 1. The topological polar surface area (TPSA) is 99.0 Å². The molecule has 0 aliphatic carbocycles. The van der Waals surface area contributed by atoms with Crippen molar-refractivity contribution in [1.82, 2.24) is 0 Å². The van der Waals surface area contributed by atoms with Crippen LogP contribution in [0.15, 0.2) is 36.4 Å². The van der Waals surface area contributed by atoms with Gasteiger partial charge in [-0.1, -0.05) is 6.07 Å². The van der Waals surface area contributed by atoms with E-state index in [9.17, 15) is 19.7 Å². The van der Waals surface area contributed by atoms with Crippen molar-refractivity contribution in [2.75, 3.05) is 4.90 Å². The molecule has 3 heterocycles. The van der Waals surface area contributed by atoms with Crippen LogP contribution in [0.3, 0.4) is 0 Å². The van der Waals surface area contributed by atoms with Gasteiger partial charge in [-0.2, -0.15) is 0 Å². The number of anilines is 1. The van der Waals surface area contributed by atoms with Gasteiger partial charge in [0.05, 0.1) is 40.7 Å². The minimum absolute atomic E-state index is 0.160. The van der Waals surface area contributed by atoms with Crippen molar-refractivity contribution in [3.63, 3.8) is 0 Å². The molecular formula is C22H20N2O6. The Hall–Kier alpha value is -3.26. The van der Waals surface area contributed by atoms with Gasteiger partial charge in [-0.25, -0.2) is 4.90 Å². The molecule has 0 radical (unpaired) electrons. The summed E-state index contributed by atoms with van der Waals surface area (Å²) in [5.74, 6) is -0.980. The third kappa shape index (κ3) is 2.87. The van der Waals surface area contributed by atoms with Crippen LogP contribution in [0.1, 0.15) is 24.0 Å². The van der Waals surface area contributed by atoms with Crippen molar-refractivity contribution < 1.29 is 24.0 Å². The van der Waals surface area contributed by atoms with E-state index in [1.54, 1.807) is 0 Å². The molecule has 0 aromatic heterocycles. The minimum Gasteiger partial charge on any atom is -0.457 e. The summed E-state index contributed by atoms with van der Waals surface area (Å²) in [7, 11) is 0. The summed E-state index contributed by atoms with van der Waals surface area (Å²) in [4.78, 5) is 38.1. The molecular weight excluding hydrogens is 388 g/mol. The van der Waals surface area contributed by atoms with Crippen molar-refractivity contribution in [3.05, 3.63) is 57.6 Å². The third-order valence-electron chi connectivity index (χ3n) is 6.06. The van der Waals surface area contributed by atoms with Crippen LogP contribution in [0.25, 0.3) is 0 Å². The number of nitrogens with zero attached hydrogens (tertiary/aromatic N) is 2. The fourth-order valence-corrected chi connectivity index (χ4v) is 4.96. The second kappa shape index (κ2) is 6.63. The van der Waals surface area contributed by atoms with Gasteiger partial charge >= 0.3 is 0 Å². The first-order chi connectivity index (χ1) is 14.3. The Balaban J connectivity index is 1.53. The zero-order chi connectivity index (χ0) is 21.2. The third-order valence-corrected chi connectivity index (χ3v) is 6.06. The molecule has 2 bridgehead atoms. The summed E-state index contributed by atoms with van der Waals surface area (Å²) in [6, 6.07) is 9.66. The van der Waals surface area contributed by atoms with E-state index < -0.39 is 16.8 Å². The van der Waals surface area contributed by atoms with E-state index in [2.05, 4.69) is 0 Å². The van der Waals surface area contributed by atoms with Gasteiger partial charge in [0.1, 0.15) is 11.5 Å². The fraction of sp³-hybridized carbons (Fsp3) is 0.364. The summed E-state index contributed by atoms with van der Waals surface area (Å²) in [5.41, 5.74) is 1.89. The lowest BCUT2D eigenvalue weighted by molar-refractivity contribution is -0.384. The quantitative estimate of drug-likeness (QED) is 0.435. The molecule has 3 aliphatic heterocycles. The molecule has 30 heavy (non-hydrogen) atoms. The van der Waals surface area contributed by atoms with Crippen molar-refractivity contribution >= 4 is 23.2 Å². The Kier molecular flexibility index (Phi) is 4.14. The maximum Gasteiger partial charge on any atom is 0.275 e. The summed E-state index contributed by atoms with van der Waals surface area (Å²) in [6.07, 6.45) is 1.03. The first kappa shape index (κ1) is 18.7. The first-order valence-corrected chi connectivity index (χ1v) is 9.91. The number of nitro groups is 1. The summed E-state index contributed by atoms with van der Waals surface area (Å²) in [5, 5.41) is 11.5. The monoisotopic (exact) mass is 408 g/mol. The molecule has 8 heteroatoms. The Bertz CT molecular complexity index is 1050. The number of amides is 2. The molecule has 154 valence electrons. The Morgan fingerprint density at radius 2 is 1.50 bits per heavy atom. The molecule has 0 saturated carbocycles. The number of fused-ring (bicyclic) bond motifs is 5. The molecule has 2 aromatic carbocycles. The number of imide groups is 1. The van der Waals surface area contributed by atoms with Crippen molar-refractivity contribution in [2.45, 2.75) is 38.9 Å². The van der Waals surface area contributed by atoms with Crippen LogP contribution in [-0.4, -0.2) is 28.9 Å². The highest BCUT2D eigenvalue weighted by Gasteiger charge is 2.62. The molecule has 5 rings (SSSR count). The van der Waals surface area contributed by atoms with Gasteiger partial charge in [0.2, 0.25) is 11.8 Å². The molecule has 0 spiro atoms. The zero-order valence-corrected chi connectivity index (χ0v) is 16.5. The number of hydrogen-bond acceptors (Lipinski definition) is 6. The lowest BCUT2D eigenvalue weighted by Gasteiger charge is -2.18. The fourth-order valence-electron chi connectivity index (χ4n) is 4.96. The van der Waals surface area contributed by atoms with Gasteiger partial charge in [-0.3, -0.25) is 19.7 Å². The minimum atomic E-state index is -0.559. The van der Waals surface area contributed by atoms with Crippen LogP contribution in [0.5, 0.6) is 11.5 Å². The van der Waals surface area contributed by atoms with Crippen molar-refractivity contribution in [2.24, 2.45) is 11.8 Å². The smallest absolute Gasteiger partial charge is 0.275 e. The van der Waals surface area contributed by atoms with Crippen LogP contribution in [-0.2, 0) is 14.3 Å². The van der Waals surface area contributed by atoms with Crippen LogP contribution in [0, 0.1) is 35.8 Å². The summed E-state index contributed by atoms with van der Waals surface area (Å²) < 4.78 is 11.6. The number of benzene rings is 2. The predicted octanol–water partition coefficient (Wildman–Crippen LogP) is 3.67. The highest BCUT2D eigenvalue weighted by molar-refractivity contribution is 6.23. The predicted molar refractivity (Wildman–Crippen MR) is 106 cm³/mol. The van der Waals surface area contributed by atoms with E-state index >= 15 is 0 Å². The number of aryl methyl sites for hydroxylation is 2. The lowest BCUT2D eigenvalue weighted by atomic mass is 9.81. The van der Waals surface area contributed by atoms with Crippen molar-refractivity contribution in [3.8, 4) is 11.5 Å². The SMILES string of the molecule is Cc1cc(C)cc(Oc2cc(N3C(=O)[C@H]4[C@H](C3=O)[C@H]3CC[C@H]4O3)cc([N+](=O)[O-])c2)c1. The highest BCUT2D eigenvalue weighted by Crippen LogP contribution is 2.50. The van der Waals surface area contributed by atoms with E-state index in [0.717, 1.165) is 28.9 Å². The zero-order valence-electron chi connectivity index (χ0n) is 16.5. The maximum absolute atomic E-state index is 13.0. The number of nitro benzene ring substituents is 1.